The first kappa shape index (κ1) is 18.8. The minimum absolute atomic E-state index is 0.325. The second-order valence-electron chi connectivity index (χ2n) is 5.71. The molecule has 2 N–H and O–H groups in total. The van der Waals surface area contributed by atoms with Crippen LogP contribution in [0.15, 0.2) is 18.3 Å². The van der Waals surface area contributed by atoms with E-state index < -0.39 is 33.8 Å². The van der Waals surface area contributed by atoms with Gasteiger partial charge in [0.05, 0.1) is 11.3 Å². The van der Waals surface area contributed by atoms with Crippen LogP contribution >= 0.6 is 0 Å². The summed E-state index contributed by atoms with van der Waals surface area (Å²) in [6.45, 7) is 5.31. The number of rotatable bonds is 5. The van der Waals surface area contributed by atoms with Gasteiger partial charge >= 0.3 is 10.2 Å². The fraction of sp³-hybridized carbons (Fsp3) is 0.333. The van der Waals surface area contributed by atoms with Gasteiger partial charge in [0.2, 0.25) is 0 Å². The number of alkyl halides is 2. The van der Waals surface area contributed by atoms with E-state index in [1.54, 1.807) is 30.7 Å². The average molecular weight is 372 g/mol. The SMILES string of the molecule is Cc1cc(C)c(NS(=O)(=O)NC(=O)c2cn(C)nc2C(F)F)c(C)c1. The minimum atomic E-state index is -4.30. The van der Waals surface area contributed by atoms with E-state index in [1.165, 1.54) is 7.05 Å². The Kier molecular flexibility index (Phi) is 5.12. The predicted molar refractivity (Wildman–Crippen MR) is 88.8 cm³/mol. The molecule has 1 heterocycles. The van der Waals surface area contributed by atoms with Crippen molar-refractivity contribution in [3.8, 4) is 0 Å². The maximum atomic E-state index is 12.9. The molecular formula is C15H18F2N4O3S. The van der Waals surface area contributed by atoms with Crippen molar-refractivity contribution in [2.24, 2.45) is 7.05 Å². The molecule has 1 aromatic carbocycles. The number of amides is 1. The third kappa shape index (κ3) is 4.32. The monoisotopic (exact) mass is 372 g/mol. The third-order valence-corrected chi connectivity index (χ3v) is 4.38. The number of anilines is 1. The molecule has 0 aliphatic carbocycles. The minimum Gasteiger partial charge on any atom is -0.275 e. The summed E-state index contributed by atoms with van der Waals surface area (Å²) in [6.07, 6.45) is -1.96. The lowest BCUT2D eigenvalue weighted by molar-refractivity contribution is 0.0966. The van der Waals surface area contributed by atoms with E-state index in [2.05, 4.69) is 9.82 Å². The van der Waals surface area contributed by atoms with Crippen molar-refractivity contribution in [1.29, 1.82) is 0 Å². The van der Waals surface area contributed by atoms with E-state index in [1.807, 2.05) is 6.92 Å². The van der Waals surface area contributed by atoms with Gasteiger partial charge in [-0.15, -0.1) is 0 Å². The van der Waals surface area contributed by atoms with Crippen molar-refractivity contribution in [2.45, 2.75) is 27.2 Å². The highest BCUT2D eigenvalue weighted by atomic mass is 32.2. The summed E-state index contributed by atoms with van der Waals surface area (Å²) in [4.78, 5) is 12.1. The largest absolute Gasteiger partial charge is 0.323 e. The van der Waals surface area contributed by atoms with Crippen molar-refractivity contribution in [3.63, 3.8) is 0 Å². The molecule has 0 fully saturated rings. The zero-order chi connectivity index (χ0) is 18.9. The molecule has 0 aliphatic heterocycles. The summed E-state index contributed by atoms with van der Waals surface area (Å²) in [6, 6.07) is 3.56. The average Bonchev–Trinajstić information content (AvgIpc) is 2.85. The van der Waals surface area contributed by atoms with Crippen molar-refractivity contribution >= 4 is 21.8 Å². The Labute approximate surface area is 144 Å². The van der Waals surface area contributed by atoms with E-state index >= 15 is 0 Å². The quantitative estimate of drug-likeness (QED) is 0.843. The molecule has 1 amide bonds. The summed E-state index contributed by atoms with van der Waals surface area (Å²) in [5.74, 6) is -1.18. The molecule has 0 saturated heterocycles. The Bertz CT molecular complexity index is 900. The van der Waals surface area contributed by atoms with Gasteiger partial charge in [0.15, 0.2) is 0 Å². The van der Waals surface area contributed by atoms with Gasteiger partial charge in [0, 0.05) is 13.2 Å². The molecule has 1 aromatic heterocycles. The summed E-state index contributed by atoms with van der Waals surface area (Å²) < 4.78 is 55.2. The number of aromatic nitrogens is 2. The standard InChI is InChI=1S/C15H18F2N4O3S/c1-8-5-9(2)12(10(3)6-8)19-25(23,24)20-15(22)11-7-21(4)18-13(11)14(16)17/h5-7,14,19H,1-4H3,(H,20,22). The molecule has 2 aromatic rings. The van der Waals surface area contributed by atoms with Crippen LogP contribution in [-0.4, -0.2) is 24.1 Å². The number of nitrogens with one attached hydrogen (secondary N) is 2. The van der Waals surface area contributed by atoms with E-state index in [4.69, 9.17) is 0 Å². The van der Waals surface area contributed by atoms with Gasteiger partial charge in [-0.05, 0) is 31.9 Å². The molecule has 0 aliphatic rings. The zero-order valence-electron chi connectivity index (χ0n) is 14.1. The molecule has 136 valence electrons. The van der Waals surface area contributed by atoms with E-state index in [9.17, 15) is 22.0 Å². The number of benzene rings is 1. The molecule has 0 bridgehead atoms. The highest BCUT2D eigenvalue weighted by molar-refractivity contribution is 7.91. The Balaban J connectivity index is 2.26. The Morgan fingerprint density at radius 1 is 1.20 bits per heavy atom. The van der Waals surface area contributed by atoms with E-state index in [-0.39, 0.29) is 0 Å². The van der Waals surface area contributed by atoms with Gasteiger partial charge in [-0.1, -0.05) is 17.7 Å². The van der Waals surface area contributed by atoms with Crippen LogP contribution in [0.3, 0.4) is 0 Å². The smallest absolute Gasteiger partial charge is 0.275 e. The Hall–Kier alpha value is -2.49. The first-order valence-electron chi connectivity index (χ1n) is 7.24. The normalized spacial score (nSPS) is 11.6. The van der Waals surface area contributed by atoms with Crippen LogP contribution in [0.4, 0.5) is 14.5 Å². The molecule has 0 atom stereocenters. The summed E-state index contributed by atoms with van der Waals surface area (Å²) >= 11 is 0. The molecule has 0 radical (unpaired) electrons. The molecule has 10 heteroatoms. The number of carbonyl (C=O) groups excluding carboxylic acids is 1. The lowest BCUT2D eigenvalue weighted by atomic mass is 10.1. The summed E-state index contributed by atoms with van der Waals surface area (Å²) in [7, 11) is -2.95. The first-order chi connectivity index (χ1) is 11.5. The van der Waals surface area contributed by atoms with Crippen LogP contribution in [0.2, 0.25) is 0 Å². The van der Waals surface area contributed by atoms with Gasteiger partial charge < -0.3 is 0 Å². The Morgan fingerprint density at radius 2 is 1.76 bits per heavy atom. The first-order valence-corrected chi connectivity index (χ1v) is 8.73. The number of nitrogens with zero attached hydrogens (tertiary/aromatic N) is 2. The fourth-order valence-electron chi connectivity index (χ4n) is 2.52. The molecule has 0 saturated carbocycles. The van der Waals surface area contributed by atoms with Crippen LogP contribution in [0, 0.1) is 20.8 Å². The lowest BCUT2D eigenvalue weighted by Gasteiger charge is -2.14. The van der Waals surface area contributed by atoms with Crippen LogP contribution < -0.4 is 9.44 Å². The molecule has 2 rings (SSSR count). The Morgan fingerprint density at radius 3 is 2.28 bits per heavy atom. The second-order valence-corrected chi connectivity index (χ2v) is 7.13. The maximum absolute atomic E-state index is 12.9. The van der Waals surface area contributed by atoms with Gasteiger partial charge in [0.1, 0.15) is 5.69 Å². The number of hydrogen-bond donors (Lipinski definition) is 2. The van der Waals surface area contributed by atoms with Gasteiger partial charge in [0.25, 0.3) is 12.3 Å². The van der Waals surface area contributed by atoms with Crippen LogP contribution in [0.25, 0.3) is 0 Å². The maximum Gasteiger partial charge on any atom is 0.323 e. The molecule has 0 spiro atoms. The summed E-state index contributed by atoms with van der Waals surface area (Å²) in [5, 5.41) is 3.47. The predicted octanol–water partition coefficient (Wildman–Crippen LogP) is 2.37. The molecular weight excluding hydrogens is 354 g/mol. The molecule has 7 nitrogen and oxygen atoms in total. The number of hydrogen-bond acceptors (Lipinski definition) is 4. The van der Waals surface area contributed by atoms with Crippen LogP contribution in [-0.2, 0) is 17.3 Å². The summed E-state index contributed by atoms with van der Waals surface area (Å²) in [5.41, 5.74) is 1.35. The molecule has 25 heavy (non-hydrogen) atoms. The number of aryl methyl sites for hydroxylation is 4. The van der Waals surface area contributed by atoms with E-state index in [0.29, 0.717) is 16.8 Å². The van der Waals surface area contributed by atoms with Crippen molar-refractivity contribution in [2.75, 3.05) is 4.72 Å². The highest BCUT2D eigenvalue weighted by Gasteiger charge is 2.26. The van der Waals surface area contributed by atoms with Gasteiger partial charge in [-0.25, -0.2) is 13.5 Å². The van der Waals surface area contributed by atoms with Crippen LogP contribution in [0.1, 0.15) is 39.2 Å². The van der Waals surface area contributed by atoms with Gasteiger partial charge in [-0.3, -0.25) is 14.2 Å². The zero-order valence-corrected chi connectivity index (χ0v) is 14.9. The van der Waals surface area contributed by atoms with Gasteiger partial charge in [-0.2, -0.15) is 13.5 Å². The molecule has 0 unspecified atom stereocenters. The number of halogens is 2. The lowest BCUT2D eigenvalue weighted by Crippen LogP contribution is -2.36. The second kappa shape index (κ2) is 6.79. The van der Waals surface area contributed by atoms with Crippen molar-refractivity contribution < 1.29 is 22.0 Å². The topological polar surface area (TPSA) is 93.1 Å². The van der Waals surface area contributed by atoms with Crippen molar-refractivity contribution in [1.82, 2.24) is 14.5 Å². The third-order valence-electron chi connectivity index (χ3n) is 3.45. The van der Waals surface area contributed by atoms with Crippen LogP contribution in [0.5, 0.6) is 0 Å². The van der Waals surface area contributed by atoms with Crippen molar-refractivity contribution in [3.05, 3.63) is 46.3 Å². The van der Waals surface area contributed by atoms with E-state index in [0.717, 1.165) is 16.4 Å². The highest BCUT2D eigenvalue weighted by Crippen LogP contribution is 2.23. The fourth-order valence-corrected chi connectivity index (χ4v) is 3.52. The number of carbonyl (C=O) groups is 1.